The molecule has 5 atom stereocenters. The van der Waals surface area contributed by atoms with E-state index in [1.165, 1.54) is 24.2 Å². The van der Waals surface area contributed by atoms with E-state index >= 15 is 0 Å². The molecule has 7 aliphatic carbocycles. The molecule has 5 unspecified atom stereocenters. The molecule has 7 aliphatic rings. The first-order valence-electron chi connectivity index (χ1n) is 4.69. The first kappa shape index (κ1) is 3.94. The van der Waals surface area contributed by atoms with E-state index < -0.39 is 0 Å². The highest BCUT2D eigenvalue weighted by atomic mass is 14.9. The molecule has 4 fully saturated rings. The van der Waals surface area contributed by atoms with Gasteiger partial charge < -0.3 is 0 Å². The molecule has 0 amide bonds. The summed E-state index contributed by atoms with van der Waals surface area (Å²) in [5.74, 6) is 4.82. The minimum atomic E-state index is 0.944. The maximum Gasteiger partial charge on any atom is 0.00800 e. The molecule has 4 bridgehead atoms. The third-order valence-electron chi connectivity index (χ3n) is 5.24. The summed E-state index contributed by atoms with van der Waals surface area (Å²) < 4.78 is 0. The van der Waals surface area contributed by atoms with Crippen molar-refractivity contribution in [3.05, 3.63) is 11.1 Å². The number of allylic oxidation sites excluding steroid dienone is 2. The van der Waals surface area contributed by atoms with Gasteiger partial charge in [0.1, 0.15) is 0 Å². The molecule has 1 spiro atoms. The molecule has 0 nitrogen and oxygen atoms in total. The third kappa shape index (κ3) is 0.137. The van der Waals surface area contributed by atoms with Crippen LogP contribution in [-0.2, 0) is 0 Å². The van der Waals surface area contributed by atoms with Crippen LogP contribution >= 0.6 is 0 Å². The topological polar surface area (TPSA) is 0 Å². The van der Waals surface area contributed by atoms with Crippen molar-refractivity contribution in [2.45, 2.75) is 19.3 Å². The molecule has 0 saturated heterocycles. The molecule has 0 aromatic rings. The Morgan fingerprint density at radius 1 is 1.40 bits per heavy atom. The largest absolute Gasteiger partial charge is 0.0627 e. The molecule has 0 heteroatoms. The van der Waals surface area contributed by atoms with Crippen molar-refractivity contribution < 1.29 is 0 Å². The first-order chi connectivity index (χ1) is 4.95. The van der Waals surface area contributed by atoms with Crippen molar-refractivity contribution >= 4 is 0 Å². The zero-order chi connectivity index (χ0) is 6.09. The van der Waals surface area contributed by atoms with Crippen molar-refractivity contribution in [2.24, 2.45) is 29.1 Å². The number of hydrogen-bond donors (Lipinski definition) is 0. The van der Waals surface area contributed by atoms with Crippen LogP contribution in [0.1, 0.15) is 19.3 Å². The van der Waals surface area contributed by atoms with Crippen LogP contribution in [0.15, 0.2) is 11.1 Å². The normalized spacial score (nSPS) is 76.8. The van der Waals surface area contributed by atoms with Gasteiger partial charge in [-0.1, -0.05) is 11.1 Å². The lowest BCUT2D eigenvalue weighted by molar-refractivity contribution is -0.0884. The Kier molecular flexibility index (Phi) is 0.289. The van der Waals surface area contributed by atoms with E-state index in [-0.39, 0.29) is 0 Å². The highest BCUT2D eigenvalue weighted by Crippen LogP contribution is 2.96. The lowest BCUT2D eigenvalue weighted by atomic mass is 9.30. The fourth-order valence-corrected chi connectivity index (χ4v) is 5.10. The highest BCUT2D eigenvalue weighted by Gasteiger charge is 2.89. The molecule has 0 radical (unpaired) electrons. The summed E-state index contributed by atoms with van der Waals surface area (Å²) in [6.07, 6.45) is 4.69. The number of rotatable bonds is 0. The minimum Gasteiger partial charge on any atom is -0.0627 e. The fraction of sp³-hybridized carbons (Fsp3) is 0.800. The van der Waals surface area contributed by atoms with Gasteiger partial charge in [0.2, 0.25) is 0 Å². The third-order valence-corrected chi connectivity index (χ3v) is 5.24. The predicted molar refractivity (Wildman–Crippen MR) is 37.3 cm³/mol. The molecule has 10 heavy (non-hydrogen) atoms. The maximum atomic E-state index is 1.98. The molecule has 0 aromatic carbocycles. The second kappa shape index (κ2) is 0.732. The van der Waals surface area contributed by atoms with Crippen LogP contribution in [0.5, 0.6) is 0 Å². The monoisotopic (exact) mass is 130 g/mol. The summed E-state index contributed by atoms with van der Waals surface area (Å²) in [6, 6.07) is 0. The van der Waals surface area contributed by atoms with E-state index in [1.807, 2.05) is 11.1 Å². The van der Waals surface area contributed by atoms with Crippen LogP contribution in [0.2, 0.25) is 0 Å². The molecule has 50 valence electrons. The van der Waals surface area contributed by atoms with E-state index in [4.69, 9.17) is 0 Å². The quantitative estimate of drug-likeness (QED) is 0.440. The van der Waals surface area contributed by atoms with Crippen LogP contribution in [0, 0.1) is 29.1 Å². The van der Waals surface area contributed by atoms with Crippen molar-refractivity contribution in [1.82, 2.24) is 0 Å². The summed E-state index contributed by atoms with van der Waals surface area (Å²) in [4.78, 5) is 0. The molecular formula is C10H10. The van der Waals surface area contributed by atoms with E-state index in [0.717, 1.165) is 11.3 Å². The standard InChI is InChI=1S/C10H10/c1-2-6-8-5(1)10(6)7-3-4(7)9(8)10/h4-5,7,9H,1-3H2. The van der Waals surface area contributed by atoms with Gasteiger partial charge in [0, 0.05) is 5.41 Å². The van der Waals surface area contributed by atoms with Crippen LogP contribution in [0.3, 0.4) is 0 Å². The molecule has 0 heterocycles. The molecule has 0 aromatic heterocycles. The zero-order valence-electron chi connectivity index (χ0n) is 5.93. The lowest BCUT2D eigenvalue weighted by Gasteiger charge is -2.73. The summed E-state index contributed by atoms with van der Waals surface area (Å²) in [5, 5.41) is 0. The Balaban J connectivity index is 1.93. The molecular weight excluding hydrogens is 120 g/mol. The van der Waals surface area contributed by atoms with Crippen molar-refractivity contribution in [2.75, 3.05) is 0 Å². The van der Waals surface area contributed by atoms with Crippen molar-refractivity contribution in [1.29, 1.82) is 0 Å². The van der Waals surface area contributed by atoms with Crippen molar-refractivity contribution in [3.8, 4) is 0 Å². The molecule has 0 N–H and O–H groups in total. The van der Waals surface area contributed by atoms with Crippen LogP contribution in [0.25, 0.3) is 0 Å². The zero-order valence-corrected chi connectivity index (χ0v) is 5.93. The fourth-order valence-electron chi connectivity index (χ4n) is 5.10. The second-order valence-electron chi connectivity index (χ2n) is 4.94. The molecule has 0 aliphatic heterocycles. The number of hydrogen-bond acceptors (Lipinski definition) is 0. The Morgan fingerprint density at radius 2 is 2.40 bits per heavy atom. The smallest absolute Gasteiger partial charge is 0.00800 e. The van der Waals surface area contributed by atoms with Gasteiger partial charge in [0.05, 0.1) is 0 Å². The van der Waals surface area contributed by atoms with Gasteiger partial charge in [0.15, 0.2) is 0 Å². The van der Waals surface area contributed by atoms with Crippen LogP contribution in [-0.4, -0.2) is 0 Å². The predicted octanol–water partition coefficient (Wildman–Crippen LogP) is 1.97. The second-order valence-corrected chi connectivity index (χ2v) is 4.94. The Labute approximate surface area is 60.3 Å². The number of fused-ring (bicyclic) bond motifs is 2. The Morgan fingerprint density at radius 3 is 3.10 bits per heavy atom. The van der Waals surface area contributed by atoms with Crippen LogP contribution < -0.4 is 0 Å². The van der Waals surface area contributed by atoms with Gasteiger partial charge in [-0.15, -0.1) is 0 Å². The van der Waals surface area contributed by atoms with Gasteiger partial charge in [-0.2, -0.15) is 0 Å². The van der Waals surface area contributed by atoms with E-state index in [0.29, 0.717) is 0 Å². The highest BCUT2D eigenvalue weighted by molar-refractivity contribution is 5.66. The summed E-state index contributed by atoms with van der Waals surface area (Å²) in [7, 11) is 0. The summed E-state index contributed by atoms with van der Waals surface area (Å²) >= 11 is 0. The SMILES string of the molecule is C1CC2C3=C1C21C2CC2C31. The van der Waals surface area contributed by atoms with E-state index in [1.54, 1.807) is 12.8 Å². The van der Waals surface area contributed by atoms with Crippen LogP contribution in [0.4, 0.5) is 0 Å². The van der Waals surface area contributed by atoms with Gasteiger partial charge in [-0.3, -0.25) is 0 Å². The molecule has 7 rings (SSSR count). The van der Waals surface area contributed by atoms with Gasteiger partial charge in [0.25, 0.3) is 0 Å². The van der Waals surface area contributed by atoms with E-state index in [9.17, 15) is 0 Å². The average Bonchev–Trinajstić information content (AvgIpc) is 2.40. The lowest BCUT2D eigenvalue weighted by Crippen LogP contribution is -2.67. The summed E-state index contributed by atoms with van der Waals surface area (Å²) in [6.45, 7) is 0. The van der Waals surface area contributed by atoms with E-state index in [2.05, 4.69) is 0 Å². The average molecular weight is 130 g/mol. The van der Waals surface area contributed by atoms with Crippen molar-refractivity contribution in [3.63, 3.8) is 0 Å². The van der Waals surface area contributed by atoms with Gasteiger partial charge in [-0.05, 0) is 42.9 Å². The Bertz CT molecular complexity index is 312. The minimum absolute atomic E-state index is 0.944. The maximum absolute atomic E-state index is 1.98. The van der Waals surface area contributed by atoms with Gasteiger partial charge in [-0.25, -0.2) is 0 Å². The molecule has 4 saturated carbocycles. The first-order valence-corrected chi connectivity index (χ1v) is 4.69. The van der Waals surface area contributed by atoms with Gasteiger partial charge >= 0.3 is 0 Å². The summed E-state index contributed by atoms with van der Waals surface area (Å²) in [5.41, 5.74) is 4.90. The Hall–Kier alpha value is -0.260.